The lowest BCUT2D eigenvalue weighted by molar-refractivity contribution is -0.132. The molecule has 2 aromatic heterocycles. The Balaban J connectivity index is 2.27. The minimum Gasteiger partial charge on any atom is -0.426 e. The summed E-state index contributed by atoms with van der Waals surface area (Å²) in [5.74, 6) is -0.0821. The molecule has 0 aliphatic heterocycles. The summed E-state index contributed by atoms with van der Waals surface area (Å²) < 4.78 is 12.6. The number of esters is 2. The summed E-state index contributed by atoms with van der Waals surface area (Å²) in [6.45, 7) is 5.46. The van der Waals surface area contributed by atoms with E-state index in [0.717, 1.165) is 13.0 Å². The number of aromatic nitrogens is 3. The fourth-order valence-corrected chi connectivity index (χ4v) is 2.84. The van der Waals surface area contributed by atoms with Crippen LogP contribution in [0, 0.1) is 0 Å². The largest absolute Gasteiger partial charge is 0.426 e. The molecule has 0 aliphatic carbocycles. The van der Waals surface area contributed by atoms with Crippen molar-refractivity contribution in [3.8, 4) is 22.8 Å². The van der Waals surface area contributed by atoms with Gasteiger partial charge in [-0.15, -0.1) is 0 Å². The Morgan fingerprint density at radius 3 is 2.42 bits per heavy atom. The zero-order chi connectivity index (χ0) is 18.7. The molecule has 0 radical (unpaired) electrons. The Bertz CT molecular complexity index is 978. The van der Waals surface area contributed by atoms with Crippen molar-refractivity contribution in [2.75, 3.05) is 0 Å². The van der Waals surface area contributed by atoms with Crippen LogP contribution in [0.3, 0.4) is 0 Å². The smallest absolute Gasteiger partial charge is 0.308 e. The maximum Gasteiger partial charge on any atom is 0.308 e. The number of fused-ring (bicyclic) bond motifs is 1. The molecule has 0 fully saturated rings. The Kier molecular flexibility index (Phi) is 4.97. The summed E-state index contributed by atoms with van der Waals surface area (Å²) in [6, 6.07) is 7.09. The van der Waals surface area contributed by atoms with E-state index in [1.54, 1.807) is 24.4 Å². The van der Waals surface area contributed by atoms with Gasteiger partial charge in [0.2, 0.25) is 0 Å². The first-order valence-electron chi connectivity index (χ1n) is 8.31. The number of hydrogen-bond acceptors (Lipinski definition) is 6. The molecule has 3 rings (SSSR count). The molecule has 26 heavy (non-hydrogen) atoms. The van der Waals surface area contributed by atoms with Crippen LogP contribution < -0.4 is 9.47 Å². The highest BCUT2D eigenvalue weighted by atomic mass is 16.5. The highest BCUT2D eigenvalue weighted by Crippen LogP contribution is 2.38. The number of aryl methyl sites for hydroxylation is 1. The molecule has 0 saturated heterocycles. The van der Waals surface area contributed by atoms with Gasteiger partial charge in [-0.2, -0.15) is 0 Å². The zero-order valence-corrected chi connectivity index (χ0v) is 14.9. The Morgan fingerprint density at radius 1 is 1.04 bits per heavy atom. The monoisotopic (exact) mass is 353 g/mol. The van der Waals surface area contributed by atoms with E-state index in [9.17, 15) is 9.59 Å². The molecule has 134 valence electrons. The van der Waals surface area contributed by atoms with Gasteiger partial charge in [0.1, 0.15) is 17.7 Å². The van der Waals surface area contributed by atoms with E-state index >= 15 is 0 Å². The van der Waals surface area contributed by atoms with Gasteiger partial charge in [0, 0.05) is 32.2 Å². The van der Waals surface area contributed by atoms with Gasteiger partial charge in [-0.1, -0.05) is 19.1 Å². The lowest BCUT2D eigenvalue weighted by Gasteiger charge is -2.10. The molecule has 0 amide bonds. The van der Waals surface area contributed by atoms with Gasteiger partial charge in [0.25, 0.3) is 0 Å². The summed E-state index contributed by atoms with van der Waals surface area (Å²) in [6.07, 6.45) is 4.10. The summed E-state index contributed by atoms with van der Waals surface area (Å²) in [5.41, 5.74) is 1.82. The van der Waals surface area contributed by atoms with Crippen LogP contribution >= 0.6 is 0 Å². The average Bonchev–Trinajstić information content (AvgIpc) is 2.92. The van der Waals surface area contributed by atoms with Gasteiger partial charge >= 0.3 is 11.9 Å². The number of ether oxygens (including phenoxy) is 2. The molecule has 7 nitrogen and oxygen atoms in total. The van der Waals surface area contributed by atoms with E-state index in [1.165, 1.54) is 20.2 Å². The zero-order valence-electron chi connectivity index (χ0n) is 14.9. The third kappa shape index (κ3) is 3.42. The van der Waals surface area contributed by atoms with Crippen molar-refractivity contribution in [1.29, 1.82) is 0 Å². The fourth-order valence-electron chi connectivity index (χ4n) is 2.84. The van der Waals surface area contributed by atoms with Crippen molar-refractivity contribution in [2.45, 2.75) is 33.7 Å². The Hall–Kier alpha value is -3.22. The van der Waals surface area contributed by atoms with Crippen molar-refractivity contribution < 1.29 is 19.1 Å². The summed E-state index contributed by atoms with van der Waals surface area (Å²) >= 11 is 0. The van der Waals surface area contributed by atoms with E-state index in [1.807, 2.05) is 10.6 Å². The standard InChI is InChI=1S/C19H19N3O4/c1-4-9-22-10-16(26-13(3)24)17-18(20-11-21-19(17)22)14-7-5-6-8-15(14)25-12(2)23/h5-8,10-11H,4,9H2,1-3H3. The molecule has 2 heterocycles. The molecule has 7 heteroatoms. The molecule has 0 unspecified atom stereocenters. The van der Waals surface area contributed by atoms with Crippen molar-refractivity contribution in [2.24, 2.45) is 0 Å². The third-order valence-electron chi connectivity index (χ3n) is 3.73. The van der Waals surface area contributed by atoms with E-state index in [0.29, 0.717) is 33.8 Å². The van der Waals surface area contributed by atoms with Crippen LogP contribution in [0.2, 0.25) is 0 Å². The van der Waals surface area contributed by atoms with Gasteiger partial charge in [0.15, 0.2) is 5.75 Å². The molecule has 3 aromatic rings. The molecule has 1 aromatic carbocycles. The number of carbonyl (C=O) groups excluding carboxylic acids is 2. The first-order chi connectivity index (χ1) is 12.5. The molecule has 0 bridgehead atoms. The molecular weight excluding hydrogens is 334 g/mol. The van der Waals surface area contributed by atoms with Gasteiger partial charge in [0.05, 0.1) is 11.1 Å². The van der Waals surface area contributed by atoms with Crippen LogP contribution in [-0.2, 0) is 16.1 Å². The number of benzene rings is 1. The lowest BCUT2D eigenvalue weighted by Crippen LogP contribution is -2.04. The van der Waals surface area contributed by atoms with Crippen molar-refractivity contribution >= 4 is 23.0 Å². The topological polar surface area (TPSA) is 83.3 Å². The van der Waals surface area contributed by atoms with Gasteiger partial charge in [-0.3, -0.25) is 9.59 Å². The molecule has 0 atom stereocenters. The number of nitrogens with zero attached hydrogens (tertiary/aromatic N) is 3. The minimum atomic E-state index is -0.427. The number of hydrogen-bond donors (Lipinski definition) is 0. The Morgan fingerprint density at radius 2 is 1.73 bits per heavy atom. The fraction of sp³-hybridized carbons (Fsp3) is 0.263. The van der Waals surface area contributed by atoms with E-state index in [2.05, 4.69) is 16.9 Å². The first kappa shape index (κ1) is 17.6. The Labute approximate surface area is 150 Å². The third-order valence-corrected chi connectivity index (χ3v) is 3.73. The summed E-state index contributed by atoms with van der Waals surface area (Å²) in [4.78, 5) is 31.7. The number of rotatable bonds is 5. The van der Waals surface area contributed by atoms with Crippen molar-refractivity contribution in [1.82, 2.24) is 14.5 Å². The van der Waals surface area contributed by atoms with Crippen LogP contribution in [0.5, 0.6) is 11.5 Å². The maximum atomic E-state index is 11.5. The minimum absolute atomic E-state index is 0.383. The number of carbonyl (C=O) groups is 2. The predicted octanol–water partition coefficient (Wildman–Crippen LogP) is 3.36. The highest BCUT2D eigenvalue weighted by molar-refractivity contribution is 5.98. The average molecular weight is 353 g/mol. The van der Waals surface area contributed by atoms with Crippen LogP contribution in [0.1, 0.15) is 27.2 Å². The molecule has 0 N–H and O–H groups in total. The highest BCUT2D eigenvalue weighted by Gasteiger charge is 2.20. The quantitative estimate of drug-likeness (QED) is 0.517. The molecular formula is C19H19N3O4. The normalized spacial score (nSPS) is 10.7. The van der Waals surface area contributed by atoms with Crippen molar-refractivity contribution in [3.63, 3.8) is 0 Å². The van der Waals surface area contributed by atoms with E-state index in [4.69, 9.17) is 9.47 Å². The van der Waals surface area contributed by atoms with Crippen molar-refractivity contribution in [3.05, 3.63) is 36.8 Å². The lowest BCUT2D eigenvalue weighted by atomic mass is 10.1. The van der Waals surface area contributed by atoms with Gasteiger partial charge in [-0.25, -0.2) is 9.97 Å². The summed E-state index contributed by atoms with van der Waals surface area (Å²) in [7, 11) is 0. The van der Waals surface area contributed by atoms with Gasteiger partial charge < -0.3 is 14.0 Å². The van der Waals surface area contributed by atoms with Gasteiger partial charge in [-0.05, 0) is 18.6 Å². The molecule has 0 spiro atoms. The van der Waals surface area contributed by atoms with Crippen LogP contribution in [0.4, 0.5) is 0 Å². The second-order valence-electron chi connectivity index (χ2n) is 5.79. The molecule has 0 aliphatic rings. The SMILES string of the molecule is CCCn1cc(OC(C)=O)c2c(-c3ccccc3OC(C)=O)ncnc21. The second-order valence-corrected chi connectivity index (χ2v) is 5.79. The van der Waals surface area contributed by atoms with E-state index < -0.39 is 11.9 Å². The number of para-hydroxylation sites is 1. The van der Waals surface area contributed by atoms with Crippen LogP contribution in [-0.4, -0.2) is 26.5 Å². The summed E-state index contributed by atoms with van der Waals surface area (Å²) in [5, 5.41) is 0.607. The molecule has 0 saturated carbocycles. The predicted molar refractivity (Wildman–Crippen MR) is 95.9 cm³/mol. The van der Waals surface area contributed by atoms with Crippen LogP contribution in [0.25, 0.3) is 22.3 Å². The van der Waals surface area contributed by atoms with E-state index in [-0.39, 0.29) is 0 Å². The van der Waals surface area contributed by atoms with Crippen LogP contribution in [0.15, 0.2) is 36.8 Å². The maximum absolute atomic E-state index is 11.5. The second kappa shape index (κ2) is 7.35. The first-order valence-corrected chi connectivity index (χ1v) is 8.31.